The number of hydrogen-bond donors (Lipinski definition) is 2. The normalized spacial score (nSPS) is 16.0. The molecule has 1 heterocycles. The van der Waals surface area contributed by atoms with Crippen molar-refractivity contribution in [2.24, 2.45) is 0 Å². The number of nitrogens with one attached hydrogen (secondary N) is 1. The maximum atomic E-state index is 11.5. The first kappa shape index (κ1) is 19.0. The molecule has 1 saturated carbocycles. The lowest BCUT2D eigenvalue weighted by atomic mass is 10.0. The van der Waals surface area contributed by atoms with Crippen molar-refractivity contribution in [3.63, 3.8) is 0 Å². The molecule has 26 heavy (non-hydrogen) atoms. The smallest absolute Gasteiger partial charge is 0.320 e. The Bertz CT molecular complexity index is 711. The number of rotatable bonds is 9. The molecule has 0 amide bonds. The van der Waals surface area contributed by atoms with Crippen LogP contribution in [0.2, 0.25) is 0 Å². The molecule has 1 aromatic carbocycles. The van der Waals surface area contributed by atoms with Crippen LogP contribution >= 0.6 is 11.8 Å². The van der Waals surface area contributed by atoms with E-state index in [1.807, 2.05) is 73.1 Å². The van der Waals surface area contributed by atoms with Crippen LogP contribution in [0.3, 0.4) is 0 Å². The second-order valence-electron chi connectivity index (χ2n) is 6.01. The van der Waals surface area contributed by atoms with Gasteiger partial charge in [0.1, 0.15) is 6.04 Å². The van der Waals surface area contributed by atoms with Crippen LogP contribution in [-0.2, 0) is 11.3 Å². The summed E-state index contributed by atoms with van der Waals surface area (Å²) in [6.07, 6.45) is 12.5. The summed E-state index contributed by atoms with van der Waals surface area (Å²) in [4.78, 5) is 11.5. The predicted octanol–water partition coefficient (Wildman–Crippen LogP) is 2.92. The topological polar surface area (TPSA) is 67.2 Å². The molecule has 5 radical (unpaired) electrons. The van der Waals surface area contributed by atoms with Gasteiger partial charge in [0.15, 0.2) is 0 Å². The second kappa shape index (κ2) is 9.24. The zero-order chi connectivity index (χ0) is 18.4. The quantitative estimate of drug-likeness (QED) is 0.712. The van der Waals surface area contributed by atoms with Crippen molar-refractivity contribution in [1.82, 2.24) is 15.1 Å². The number of thioether (sulfide) groups is 1. The molecule has 135 valence electrons. The van der Waals surface area contributed by atoms with Gasteiger partial charge in [0.05, 0.1) is 11.4 Å². The molecular weight excluding hydrogens is 346 g/mol. The van der Waals surface area contributed by atoms with Crippen LogP contribution in [0.4, 0.5) is 0 Å². The minimum atomic E-state index is -0.815. The summed E-state index contributed by atoms with van der Waals surface area (Å²) in [5.41, 5.74) is 2.83. The van der Waals surface area contributed by atoms with Crippen LogP contribution in [0, 0.1) is 31.6 Å². The standard InChI is InChI=1S/C20H22N3O2S/c1-26-12-11-18(20(24)25)21-13-16-14-23(17-9-3-2-4-10-17)22-19(16)15-7-5-6-8-15/h2-10,14,18,21H,11-13H2,1H3,(H,24,25)/t18-/m0/s1. The van der Waals surface area contributed by atoms with Crippen molar-refractivity contribution < 1.29 is 9.90 Å². The van der Waals surface area contributed by atoms with E-state index in [4.69, 9.17) is 5.10 Å². The van der Waals surface area contributed by atoms with Gasteiger partial charge in [0.2, 0.25) is 0 Å². The van der Waals surface area contributed by atoms with Crippen molar-refractivity contribution in [2.75, 3.05) is 12.0 Å². The van der Waals surface area contributed by atoms with Gasteiger partial charge in [0, 0.05) is 24.2 Å². The van der Waals surface area contributed by atoms with Gasteiger partial charge >= 0.3 is 5.97 Å². The average molecular weight is 368 g/mol. The maximum absolute atomic E-state index is 11.5. The van der Waals surface area contributed by atoms with Gasteiger partial charge in [-0.05, 0) is 56.2 Å². The summed E-state index contributed by atoms with van der Waals surface area (Å²) in [7, 11) is 0. The number of aliphatic carboxylic acids is 1. The molecule has 2 N–H and O–H groups in total. The zero-order valence-corrected chi connectivity index (χ0v) is 15.4. The lowest BCUT2D eigenvalue weighted by Gasteiger charge is -2.14. The second-order valence-corrected chi connectivity index (χ2v) is 7.00. The zero-order valence-electron chi connectivity index (χ0n) is 14.6. The van der Waals surface area contributed by atoms with Crippen LogP contribution in [0.25, 0.3) is 5.69 Å². The molecule has 0 saturated heterocycles. The Morgan fingerprint density at radius 3 is 2.65 bits per heavy atom. The van der Waals surface area contributed by atoms with Gasteiger partial charge in [-0.25, -0.2) is 4.68 Å². The number of aromatic nitrogens is 2. The van der Waals surface area contributed by atoms with Crippen molar-refractivity contribution >= 4 is 17.7 Å². The molecule has 3 rings (SSSR count). The van der Waals surface area contributed by atoms with E-state index in [-0.39, 0.29) is 0 Å². The van der Waals surface area contributed by atoms with E-state index in [0.29, 0.717) is 13.0 Å². The van der Waals surface area contributed by atoms with Gasteiger partial charge in [-0.3, -0.25) is 4.79 Å². The van der Waals surface area contributed by atoms with Crippen molar-refractivity contribution in [1.29, 1.82) is 0 Å². The van der Waals surface area contributed by atoms with Gasteiger partial charge in [-0.1, -0.05) is 18.2 Å². The summed E-state index contributed by atoms with van der Waals surface area (Å²) in [6, 6.07) is 9.35. The summed E-state index contributed by atoms with van der Waals surface area (Å²) >= 11 is 1.65. The van der Waals surface area contributed by atoms with Crippen LogP contribution in [0.1, 0.15) is 17.7 Å². The summed E-state index contributed by atoms with van der Waals surface area (Å²) in [6.45, 7) is 0.457. The fourth-order valence-corrected chi connectivity index (χ4v) is 3.28. The highest BCUT2D eigenvalue weighted by atomic mass is 32.2. The summed E-state index contributed by atoms with van der Waals surface area (Å²) in [5, 5.41) is 17.3. The van der Waals surface area contributed by atoms with Crippen LogP contribution in [0.15, 0.2) is 36.5 Å². The highest BCUT2D eigenvalue weighted by Gasteiger charge is 2.26. The first-order chi connectivity index (χ1) is 12.7. The molecule has 6 heteroatoms. The molecule has 1 aliphatic rings. The van der Waals surface area contributed by atoms with Crippen molar-refractivity contribution in [3.05, 3.63) is 79.4 Å². The van der Waals surface area contributed by atoms with Gasteiger partial charge in [-0.2, -0.15) is 16.9 Å². The Hall–Kier alpha value is -1.79. The Morgan fingerprint density at radius 2 is 2.00 bits per heavy atom. The fourth-order valence-electron chi connectivity index (χ4n) is 2.81. The van der Waals surface area contributed by atoms with E-state index in [0.717, 1.165) is 28.6 Å². The van der Waals surface area contributed by atoms with Crippen molar-refractivity contribution in [3.8, 4) is 5.69 Å². The first-order valence-corrected chi connectivity index (χ1v) is 9.89. The van der Waals surface area contributed by atoms with E-state index < -0.39 is 12.0 Å². The molecule has 1 atom stereocenters. The summed E-state index contributed by atoms with van der Waals surface area (Å²) < 4.78 is 1.84. The van der Waals surface area contributed by atoms with E-state index in [2.05, 4.69) is 5.32 Å². The van der Waals surface area contributed by atoms with Gasteiger partial charge < -0.3 is 10.4 Å². The highest BCUT2D eigenvalue weighted by molar-refractivity contribution is 7.98. The van der Waals surface area contributed by atoms with E-state index in [1.54, 1.807) is 11.8 Å². The lowest BCUT2D eigenvalue weighted by molar-refractivity contribution is -0.139. The molecule has 0 spiro atoms. The average Bonchev–Trinajstić information content (AvgIpc) is 3.31. The van der Waals surface area contributed by atoms with Crippen LogP contribution in [-0.4, -0.2) is 38.9 Å². The Labute approximate surface area is 159 Å². The Kier molecular flexibility index (Phi) is 6.74. The molecule has 0 bridgehead atoms. The third kappa shape index (κ3) is 4.68. The van der Waals surface area contributed by atoms with E-state index >= 15 is 0 Å². The predicted molar refractivity (Wildman–Crippen MR) is 104 cm³/mol. The molecular formula is C20H22N3O2S. The molecule has 1 aromatic heterocycles. The monoisotopic (exact) mass is 368 g/mol. The minimum Gasteiger partial charge on any atom is -0.480 e. The van der Waals surface area contributed by atoms with Crippen LogP contribution in [0.5, 0.6) is 0 Å². The SMILES string of the molecule is CSCC[C@H](NCc1cn(-c2ccccc2)nc1[C]1[CH][CH][CH][CH]1)C(=O)O. The number of nitrogens with zero attached hydrogens (tertiary/aromatic N) is 2. The molecule has 0 unspecified atom stereocenters. The lowest BCUT2D eigenvalue weighted by Crippen LogP contribution is -2.36. The van der Waals surface area contributed by atoms with E-state index in [9.17, 15) is 9.90 Å². The highest BCUT2D eigenvalue weighted by Crippen LogP contribution is 2.31. The molecule has 5 nitrogen and oxygen atoms in total. The number of carboxylic acid groups (broad SMARTS) is 1. The Balaban J connectivity index is 1.80. The van der Waals surface area contributed by atoms with Gasteiger partial charge in [-0.15, -0.1) is 0 Å². The largest absolute Gasteiger partial charge is 0.480 e. The summed E-state index contributed by atoms with van der Waals surface area (Å²) in [5.74, 6) is 1.03. The van der Waals surface area contributed by atoms with Crippen molar-refractivity contribution in [2.45, 2.75) is 19.0 Å². The minimum absolute atomic E-state index is 0.457. The number of para-hydroxylation sites is 1. The third-order valence-corrected chi connectivity index (χ3v) is 4.84. The Morgan fingerprint density at radius 1 is 1.27 bits per heavy atom. The molecule has 1 fully saturated rings. The number of carbonyl (C=O) groups is 1. The third-order valence-electron chi connectivity index (χ3n) is 4.19. The molecule has 2 aromatic rings. The van der Waals surface area contributed by atoms with Crippen LogP contribution < -0.4 is 5.32 Å². The number of benzene rings is 1. The number of hydrogen-bond acceptors (Lipinski definition) is 4. The molecule has 1 aliphatic carbocycles. The maximum Gasteiger partial charge on any atom is 0.320 e. The first-order valence-electron chi connectivity index (χ1n) is 8.50. The fraction of sp³-hybridized carbons (Fsp3) is 0.250. The van der Waals surface area contributed by atoms with Gasteiger partial charge in [0.25, 0.3) is 0 Å². The van der Waals surface area contributed by atoms with E-state index in [1.165, 1.54) is 0 Å². The number of carboxylic acids is 1. The molecule has 0 aliphatic heterocycles.